The van der Waals surface area contributed by atoms with Crippen LogP contribution in [0.25, 0.3) is 0 Å². The molecule has 0 atom stereocenters. The van der Waals surface area contributed by atoms with Crippen LogP contribution in [0.3, 0.4) is 0 Å². The first-order valence-electron chi connectivity index (χ1n) is 6.20. The first kappa shape index (κ1) is 13.4. The third-order valence-electron chi connectivity index (χ3n) is 2.93. The number of aromatic amines is 1. The number of amides is 1. The van der Waals surface area contributed by atoms with Crippen molar-refractivity contribution in [3.05, 3.63) is 17.0 Å². The van der Waals surface area contributed by atoms with E-state index in [0.717, 1.165) is 5.69 Å². The number of nitrogens with zero attached hydrogens (tertiary/aromatic N) is 2. The zero-order chi connectivity index (χ0) is 14.0. The number of hydrogen-bond acceptors (Lipinski definition) is 4. The van der Waals surface area contributed by atoms with Crippen molar-refractivity contribution in [1.29, 1.82) is 0 Å². The molecule has 2 rings (SSSR count). The van der Waals surface area contributed by atoms with Gasteiger partial charge < -0.3 is 14.7 Å². The van der Waals surface area contributed by atoms with Crippen LogP contribution in [0, 0.1) is 5.92 Å². The van der Waals surface area contributed by atoms with Crippen molar-refractivity contribution in [2.75, 3.05) is 13.2 Å². The molecule has 1 aliphatic heterocycles. The lowest BCUT2D eigenvalue weighted by Gasteiger charge is -2.26. The zero-order valence-electron chi connectivity index (χ0n) is 11.0. The Bertz CT molecular complexity index is 495. The number of carbonyl (C=O) groups is 2. The number of aromatic carboxylic acids is 1. The lowest BCUT2D eigenvalue weighted by Crippen LogP contribution is -2.37. The Morgan fingerprint density at radius 2 is 2.26 bits per heavy atom. The van der Waals surface area contributed by atoms with E-state index < -0.39 is 12.1 Å². The summed E-state index contributed by atoms with van der Waals surface area (Å²) in [6.45, 7) is 5.01. The second kappa shape index (κ2) is 5.29. The van der Waals surface area contributed by atoms with Gasteiger partial charge in [-0.15, -0.1) is 0 Å². The zero-order valence-corrected chi connectivity index (χ0v) is 11.0. The van der Waals surface area contributed by atoms with Crippen molar-refractivity contribution in [3.63, 3.8) is 0 Å². The Kier molecular flexibility index (Phi) is 3.73. The number of nitrogens with one attached hydrogen (secondary N) is 1. The maximum atomic E-state index is 11.8. The van der Waals surface area contributed by atoms with E-state index in [1.807, 2.05) is 13.8 Å². The number of carbonyl (C=O) groups excluding carboxylic acids is 1. The number of rotatable bonds is 3. The van der Waals surface area contributed by atoms with Gasteiger partial charge in [0.15, 0.2) is 5.69 Å². The molecule has 2 N–H and O–H groups in total. The minimum atomic E-state index is -1.09. The molecule has 0 radical (unpaired) electrons. The Balaban J connectivity index is 2.06. The van der Waals surface area contributed by atoms with E-state index >= 15 is 0 Å². The summed E-state index contributed by atoms with van der Waals surface area (Å²) >= 11 is 0. The van der Waals surface area contributed by atoms with Gasteiger partial charge in [0.1, 0.15) is 0 Å². The predicted molar refractivity (Wildman–Crippen MR) is 65.8 cm³/mol. The molecule has 0 saturated carbocycles. The monoisotopic (exact) mass is 267 g/mol. The molecule has 7 heteroatoms. The average Bonchev–Trinajstić information content (AvgIpc) is 2.78. The Hall–Kier alpha value is -2.05. The summed E-state index contributed by atoms with van der Waals surface area (Å²) in [5, 5.41) is 15.5. The van der Waals surface area contributed by atoms with Gasteiger partial charge in [-0.3, -0.25) is 5.10 Å². The molecular formula is C12H17N3O4. The number of aromatic nitrogens is 2. The number of carboxylic acids is 1. The van der Waals surface area contributed by atoms with Gasteiger partial charge >= 0.3 is 12.1 Å². The van der Waals surface area contributed by atoms with Crippen LogP contribution in [-0.2, 0) is 17.7 Å². The summed E-state index contributed by atoms with van der Waals surface area (Å²) in [4.78, 5) is 24.4. The molecule has 0 spiro atoms. The normalized spacial score (nSPS) is 14.4. The maximum absolute atomic E-state index is 11.8. The first-order valence-corrected chi connectivity index (χ1v) is 6.20. The summed E-state index contributed by atoms with van der Waals surface area (Å²) in [6.07, 6.45) is 0.156. The van der Waals surface area contributed by atoms with Gasteiger partial charge in [-0.2, -0.15) is 5.10 Å². The van der Waals surface area contributed by atoms with Crippen molar-refractivity contribution >= 4 is 12.1 Å². The summed E-state index contributed by atoms with van der Waals surface area (Å²) in [7, 11) is 0. The molecule has 19 heavy (non-hydrogen) atoms. The number of hydrogen-bond donors (Lipinski definition) is 2. The highest BCUT2D eigenvalue weighted by molar-refractivity contribution is 5.87. The molecule has 0 aromatic carbocycles. The van der Waals surface area contributed by atoms with Crippen LogP contribution < -0.4 is 0 Å². The third-order valence-corrected chi connectivity index (χ3v) is 2.93. The van der Waals surface area contributed by atoms with Crippen molar-refractivity contribution in [1.82, 2.24) is 15.1 Å². The second-order valence-electron chi connectivity index (χ2n) is 4.98. The number of fused-ring (bicyclic) bond motifs is 1. The first-order chi connectivity index (χ1) is 8.99. The quantitative estimate of drug-likeness (QED) is 0.859. The highest BCUT2D eigenvalue weighted by Gasteiger charge is 2.28. The third kappa shape index (κ3) is 2.86. The SMILES string of the molecule is CC(C)COC(=O)N1CCc2[nH]nc(C(=O)O)c2C1. The summed E-state index contributed by atoms with van der Waals surface area (Å²) in [5.74, 6) is -0.817. The van der Waals surface area contributed by atoms with E-state index in [-0.39, 0.29) is 18.2 Å². The lowest BCUT2D eigenvalue weighted by molar-refractivity contribution is 0.0682. The summed E-state index contributed by atoms with van der Waals surface area (Å²) in [5.41, 5.74) is 1.34. The van der Waals surface area contributed by atoms with E-state index in [9.17, 15) is 9.59 Å². The van der Waals surface area contributed by atoms with Gasteiger partial charge in [0.2, 0.25) is 0 Å². The molecule has 1 aromatic heterocycles. The minimum Gasteiger partial charge on any atom is -0.476 e. The molecule has 1 aromatic rings. The molecule has 7 nitrogen and oxygen atoms in total. The van der Waals surface area contributed by atoms with Gasteiger partial charge in [0.25, 0.3) is 0 Å². The van der Waals surface area contributed by atoms with Gasteiger partial charge in [0.05, 0.1) is 13.2 Å². The van der Waals surface area contributed by atoms with E-state index in [4.69, 9.17) is 9.84 Å². The van der Waals surface area contributed by atoms with E-state index in [1.165, 1.54) is 4.90 Å². The van der Waals surface area contributed by atoms with Crippen LogP contribution >= 0.6 is 0 Å². The van der Waals surface area contributed by atoms with Gasteiger partial charge in [0, 0.05) is 24.2 Å². The molecule has 0 saturated heterocycles. The van der Waals surface area contributed by atoms with Crippen molar-refractivity contribution in [2.24, 2.45) is 5.92 Å². The van der Waals surface area contributed by atoms with Crippen molar-refractivity contribution in [2.45, 2.75) is 26.8 Å². The number of H-pyrrole nitrogens is 1. The molecule has 2 heterocycles. The molecule has 0 unspecified atom stereocenters. The minimum absolute atomic E-state index is 0.0173. The van der Waals surface area contributed by atoms with Crippen LogP contribution in [0.1, 0.15) is 35.6 Å². The van der Waals surface area contributed by atoms with Crippen LogP contribution in [0.2, 0.25) is 0 Å². The standard InChI is InChI=1S/C12H17N3O4/c1-7(2)6-19-12(18)15-4-3-9-8(5-15)10(11(16)17)14-13-9/h7H,3-6H2,1-2H3,(H,13,14)(H,16,17). The topological polar surface area (TPSA) is 95.5 Å². The van der Waals surface area contributed by atoms with Crippen molar-refractivity contribution < 1.29 is 19.4 Å². The maximum Gasteiger partial charge on any atom is 0.410 e. The van der Waals surface area contributed by atoms with Crippen molar-refractivity contribution in [3.8, 4) is 0 Å². The van der Waals surface area contributed by atoms with Crippen LogP contribution in [-0.4, -0.2) is 45.4 Å². The lowest BCUT2D eigenvalue weighted by atomic mass is 10.1. The van der Waals surface area contributed by atoms with Crippen LogP contribution in [0.5, 0.6) is 0 Å². The van der Waals surface area contributed by atoms with Crippen LogP contribution in [0.4, 0.5) is 4.79 Å². The largest absolute Gasteiger partial charge is 0.476 e. The fraction of sp³-hybridized carbons (Fsp3) is 0.583. The van der Waals surface area contributed by atoms with E-state index in [0.29, 0.717) is 25.1 Å². The van der Waals surface area contributed by atoms with Gasteiger partial charge in [-0.25, -0.2) is 9.59 Å². The molecule has 0 aliphatic carbocycles. The van der Waals surface area contributed by atoms with Gasteiger partial charge in [-0.1, -0.05) is 13.8 Å². The molecule has 1 amide bonds. The average molecular weight is 267 g/mol. The smallest absolute Gasteiger partial charge is 0.410 e. The Morgan fingerprint density at radius 3 is 2.89 bits per heavy atom. The Morgan fingerprint density at radius 1 is 1.53 bits per heavy atom. The highest BCUT2D eigenvalue weighted by atomic mass is 16.6. The van der Waals surface area contributed by atoms with Gasteiger partial charge in [-0.05, 0) is 5.92 Å². The fourth-order valence-electron chi connectivity index (χ4n) is 1.96. The summed E-state index contributed by atoms with van der Waals surface area (Å²) in [6, 6.07) is 0. The number of carboxylic acid groups (broad SMARTS) is 1. The van der Waals surface area contributed by atoms with E-state index in [1.54, 1.807) is 0 Å². The van der Waals surface area contributed by atoms with E-state index in [2.05, 4.69) is 10.2 Å². The predicted octanol–water partition coefficient (Wildman–Crippen LogP) is 1.26. The molecule has 0 fully saturated rings. The highest BCUT2D eigenvalue weighted by Crippen LogP contribution is 2.21. The molecule has 1 aliphatic rings. The fourth-order valence-corrected chi connectivity index (χ4v) is 1.96. The number of ether oxygens (including phenoxy) is 1. The second-order valence-corrected chi connectivity index (χ2v) is 4.98. The van der Waals surface area contributed by atoms with Crippen LogP contribution in [0.15, 0.2) is 0 Å². The molecule has 104 valence electrons. The summed E-state index contributed by atoms with van der Waals surface area (Å²) < 4.78 is 5.14. The molecule has 0 bridgehead atoms. The molecular weight excluding hydrogens is 250 g/mol. The Labute approximate surface area is 110 Å².